The SMILES string of the molecule is Cc1cccc(NC(=O)NCC(O)c2ccc(Cl)cc2)c1. The third-order valence-electron chi connectivity index (χ3n) is 2.99. The maximum atomic E-state index is 11.8. The van der Waals surface area contributed by atoms with Gasteiger partial charge in [0.05, 0.1) is 6.10 Å². The molecule has 110 valence electrons. The Hall–Kier alpha value is -2.04. The van der Waals surface area contributed by atoms with Crippen molar-refractivity contribution in [2.24, 2.45) is 0 Å². The fourth-order valence-electron chi connectivity index (χ4n) is 1.89. The van der Waals surface area contributed by atoms with Gasteiger partial charge in [-0.3, -0.25) is 0 Å². The van der Waals surface area contributed by atoms with Crippen LogP contribution in [0.15, 0.2) is 48.5 Å². The van der Waals surface area contributed by atoms with Crippen molar-refractivity contribution in [1.29, 1.82) is 0 Å². The fraction of sp³-hybridized carbons (Fsp3) is 0.188. The Morgan fingerprint density at radius 1 is 1.24 bits per heavy atom. The van der Waals surface area contributed by atoms with Gasteiger partial charge in [0.1, 0.15) is 0 Å². The van der Waals surface area contributed by atoms with Gasteiger partial charge in [-0.1, -0.05) is 35.9 Å². The molecule has 2 aromatic carbocycles. The van der Waals surface area contributed by atoms with Crippen LogP contribution in [-0.2, 0) is 0 Å². The number of hydrogen-bond donors (Lipinski definition) is 3. The van der Waals surface area contributed by atoms with E-state index in [1.807, 2.05) is 31.2 Å². The van der Waals surface area contributed by atoms with Crippen LogP contribution in [0.25, 0.3) is 0 Å². The Balaban J connectivity index is 1.84. The summed E-state index contributed by atoms with van der Waals surface area (Å²) in [5.41, 5.74) is 2.48. The summed E-state index contributed by atoms with van der Waals surface area (Å²) in [4.78, 5) is 11.8. The molecule has 2 aromatic rings. The molecule has 5 heteroatoms. The van der Waals surface area contributed by atoms with Gasteiger partial charge in [0.25, 0.3) is 0 Å². The highest BCUT2D eigenvalue weighted by molar-refractivity contribution is 6.30. The molecule has 2 rings (SSSR count). The van der Waals surface area contributed by atoms with Crippen LogP contribution in [0.5, 0.6) is 0 Å². The van der Waals surface area contributed by atoms with E-state index in [2.05, 4.69) is 10.6 Å². The van der Waals surface area contributed by atoms with Crippen molar-refractivity contribution in [3.05, 3.63) is 64.7 Å². The van der Waals surface area contributed by atoms with E-state index in [0.717, 1.165) is 5.56 Å². The zero-order chi connectivity index (χ0) is 15.2. The summed E-state index contributed by atoms with van der Waals surface area (Å²) in [7, 11) is 0. The van der Waals surface area contributed by atoms with Gasteiger partial charge >= 0.3 is 6.03 Å². The van der Waals surface area contributed by atoms with E-state index < -0.39 is 6.10 Å². The second-order valence-electron chi connectivity index (χ2n) is 4.77. The highest BCUT2D eigenvalue weighted by atomic mass is 35.5. The van der Waals surface area contributed by atoms with Crippen LogP contribution in [0.3, 0.4) is 0 Å². The molecule has 3 N–H and O–H groups in total. The summed E-state index contributed by atoms with van der Waals surface area (Å²) < 4.78 is 0. The lowest BCUT2D eigenvalue weighted by molar-refractivity contribution is 0.175. The first-order valence-corrected chi connectivity index (χ1v) is 6.97. The number of urea groups is 1. The van der Waals surface area contributed by atoms with Crippen molar-refractivity contribution in [1.82, 2.24) is 5.32 Å². The van der Waals surface area contributed by atoms with E-state index >= 15 is 0 Å². The van der Waals surface area contributed by atoms with Gasteiger partial charge in [0.15, 0.2) is 0 Å². The molecule has 0 aromatic heterocycles. The van der Waals surface area contributed by atoms with Gasteiger partial charge < -0.3 is 15.7 Å². The minimum absolute atomic E-state index is 0.124. The fourth-order valence-corrected chi connectivity index (χ4v) is 2.02. The van der Waals surface area contributed by atoms with Gasteiger partial charge in [0, 0.05) is 17.3 Å². The number of aryl methyl sites for hydroxylation is 1. The molecule has 0 aliphatic heterocycles. The molecule has 21 heavy (non-hydrogen) atoms. The Morgan fingerprint density at radius 3 is 2.62 bits per heavy atom. The number of benzene rings is 2. The number of carbonyl (C=O) groups is 1. The topological polar surface area (TPSA) is 61.4 Å². The van der Waals surface area contributed by atoms with Crippen LogP contribution in [0.1, 0.15) is 17.2 Å². The standard InChI is InChI=1S/C16H17ClN2O2/c1-11-3-2-4-14(9-11)19-16(21)18-10-15(20)12-5-7-13(17)8-6-12/h2-9,15,20H,10H2,1H3,(H2,18,19,21). The highest BCUT2D eigenvalue weighted by Crippen LogP contribution is 2.16. The first-order chi connectivity index (χ1) is 10.0. The van der Waals surface area contributed by atoms with Crippen molar-refractivity contribution < 1.29 is 9.90 Å². The summed E-state index contributed by atoms with van der Waals surface area (Å²) in [6.45, 7) is 2.08. The van der Waals surface area contributed by atoms with E-state index in [-0.39, 0.29) is 12.6 Å². The Labute approximate surface area is 128 Å². The number of hydrogen-bond acceptors (Lipinski definition) is 2. The lowest BCUT2D eigenvalue weighted by Gasteiger charge is -2.13. The minimum Gasteiger partial charge on any atom is -0.387 e. The summed E-state index contributed by atoms with van der Waals surface area (Å²) in [6, 6.07) is 14.0. The number of aliphatic hydroxyl groups is 1. The van der Waals surface area contributed by atoms with Crippen LogP contribution in [0, 0.1) is 6.92 Å². The van der Waals surface area contributed by atoms with Gasteiger partial charge in [-0.25, -0.2) is 4.79 Å². The average Bonchev–Trinajstić information content (AvgIpc) is 2.45. The first-order valence-electron chi connectivity index (χ1n) is 6.59. The zero-order valence-corrected chi connectivity index (χ0v) is 12.4. The molecule has 0 radical (unpaired) electrons. The summed E-state index contributed by atoms with van der Waals surface area (Å²) in [6.07, 6.45) is -0.773. The van der Waals surface area contributed by atoms with E-state index in [9.17, 15) is 9.90 Å². The zero-order valence-electron chi connectivity index (χ0n) is 11.6. The van der Waals surface area contributed by atoms with E-state index in [1.165, 1.54) is 0 Å². The van der Waals surface area contributed by atoms with Crippen LogP contribution >= 0.6 is 11.6 Å². The maximum absolute atomic E-state index is 11.8. The summed E-state index contributed by atoms with van der Waals surface area (Å²) >= 11 is 5.79. The predicted octanol–water partition coefficient (Wildman–Crippen LogP) is 3.50. The minimum atomic E-state index is -0.773. The van der Waals surface area contributed by atoms with Gasteiger partial charge in [-0.15, -0.1) is 0 Å². The largest absolute Gasteiger partial charge is 0.387 e. The van der Waals surface area contributed by atoms with E-state index in [4.69, 9.17) is 11.6 Å². The number of rotatable bonds is 4. The normalized spacial score (nSPS) is 11.8. The van der Waals surface area contributed by atoms with E-state index in [0.29, 0.717) is 16.3 Å². The van der Waals surface area contributed by atoms with Crippen LogP contribution in [-0.4, -0.2) is 17.7 Å². The molecule has 0 fully saturated rings. The van der Waals surface area contributed by atoms with Crippen molar-refractivity contribution >= 4 is 23.3 Å². The number of anilines is 1. The molecule has 0 spiro atoms. The first kappa shape index (κ1) is 15.4. The molecular weight excluding hydrogens is 288 g/mol. The number of carbonyl (C=O) groups excluding carboxylic acids is 1. The smallest absolute Gasteiger partial charge is 0.319 e. The molecule has 0 saturated heterocycles. The third-order valence-corrected chi connectivity index (χ3v) is 3.24. The Kier molecular flexibility index (Phi) is 5.20. The molecule has 1 atom stereocenters. The Morgan fingerprint density at radius 2 is 1.95 bits per heavy atom. The van der Waals surface area contributed by atoms with Gasteiger partial charge in [-0.2, -0.15) is 0 Å². The third kappa shape index (κ3) is 4.77. The van der Waals surface area contributed by atoms with Crippen molar-refractivity contribution in [3.8, 4) is 0 Å². The molecule has 0 aliphatic rings. The molecule has 0 bridgehead atoms. The Bertz CT molecular complexity index is 614. The van der Waals surface area contributed by atoms with Gasteiger partial charge in [-0.05, 0) is 42.3 Å². The second-order valence-corrected chi connectivity index (χ2v) is 5.21. The number of halogens is 1. The van der Waals surface area contributed by atoms with Crippen LogP contribution < -0.4 is 10.6 Å². The summed E-state index contributed by atoms with van der Waals surface area (Å²) in [5.74, 6) is 0. The molecule has 1 unspecified atom stereocenters. The quantitative estimate of drug-likeness (QED) is 0.809. The highest BCUT2D eigenvalue weighted by Gasteiger charge is 2.09. The van der Waals surface area contributed by atoms with Crippen molar-refractivity contribution in [3.63, 3.8) is 0 Å². The van der Waals surface area contributed by atoms with Gasteiger partial charge in [0.2, 0.25) is 0 Å². The second kappa shape index (κ2) is 7.11. The lowest BCUT2D eigenvalue weighted by Crippen LogP contribution is -2.32. The van der Waals surface area contributed by atoms with Crippen molar-refractivity contribution in [2.75, 3.05) is 11.9 Å². The summed E-state index contributed by atoms with van der Waals surface area (Å²) in [5, 5.41) is 15.9. The molecule has 4 nitrogen and oxygen atoms in total. The number of aliphatic hydroxyl groups excluding tert-OH is 1. The van der Waals surface area contributed by atoms with E-state index in [1.54, 1.807) is 24.3 Å². The molecule has 2 amide bonds. The number of nitrogens with one attached hydrogen (secondary N) is 2. The lowest BCUT2D eigenvalue weighted by atomic mass is 10.1. The monoisotopic (exact) mass is 304 g/mol. The predicted molar refractivity (Wildman–Crippen MR) is 84.6 cm³/mol. The van der Waals surface area contributed by atoms with Crippen LogP contribution in [0.2, 0.25) is 5.02 Å². The molecular formula is C16H17ClN2O2. The van der Waals surface area contributed by atoms with Crippen LogP contribution in [0.4, 0.5) is 10.5 Å². The number of amides is 2. The average molecular weight is 305 g/mol. The molecule has 0 aliphatic carbocycles. The molecule has 0 saturated carbocycles. The maximum Gasteiger partial charge on any atom is 0.319 e. The van der Waals surface area contributed by atoms with Crippen molar-refractivity contribution in [2.45, 2.75) is 13.0 Å². The molecule has 0 heterocycles.